The van der Waals surface area contributed by atoms with E-state index in [0.717, 1.165) is 12.7 Å². The summed E-state index contributed by atoms with van der Waals surface area (Å²) in [5.74, 6) is -3.86. The number of nitro groups is 1. The molecule has 0 saturated heterocycles. The largest absolute Gasteiger partial charge is 0.467 e. The minimum Gasteiger partial charge on any atom is -0.467 e. The summed E-state index contributed by atoms with van der Waals surface area (Å²) in [6, 6.07) is 23.7. The van der Waals surface area contributed by atoms with Crippen molar-refractivity contribution in [1.29, 1.82) is 0 Å². The molecule has 4 aromatic rings. The van der Waals surface area contributed by atoms with Gasteiger partial charge in [-0.05, 0) is 30.2 Å². The number of nitrogens with zero attached hydrogens (tertiary/aromatic N) is 2. The first-order valence-corrected chi connectivity index (χ1v) is 16.8. The first-order valence-electron chi connectivity index (χ1n) is 14.9. The Morgan fingerprint density at radius 2 is 1.58 bits per heavy atom. The van der Waals surface area contributed by atoms with E-state index in [-0.39, 0.29) is 30.9 Å². The first kappa shape index (κ1) is 35.5. The van der Waals surface area contributed by atoms with E-state index < -0.39 is 54.2 Å². The highest BCUT2D eigenvalue weighted by molar-refractivity contribution is 7.58. The van der Waals surface area contributed by atoms with Crippen LogP contribution in [0.2, 0.25) is 0 Å². The van der Waals surface area contributed by atoms with E-state index in [1.807, 2.05) is 6.07 Å². The van der Waals surface area contributed by atoms with Crippen molar-refractivity contribution in [3.8, 4) is 11.3 Å². The quantitative estimate of drug-likeness (QED) is 0.0672. The molecule has 1 unspecified atom stereocenters. The van der Waals surface area contributed by atoms with Gasteiger partial charge in [-0.25, -0.2) is 9.59 Å². The number of nitro benzene ring substituents is 1. The molecule has 1 aromatic heterocycles. The lowest BCUT2D eigenvalue weighted by atomic mass is 10.0. The Bertz CT molecular complexity index is 1750. The van der Waals surface area contributed by atoms with Gasteiger partial charge >= 0.3 is 12.1 Å². The average Bonchev–Trinajstić information content (AvgIpc) is 3.55. The van der Waals surface area contributed by atoms with Crippen LogP contribution in [-0.2, 0) is 43.1 Å². The molecule has 0 radical (unpaired) electrons. The third kappa shape index (κ3) is 10.1. The molecule has 48 heavy (non-hydrogen) atoms. The van der Waals surface area contributed by atoms with Gasteiger partial charge in [0.1, 0.15) is 29.9 Å². The van der Waals surface area contributed by atoms with E-state index in [2.05, 4.69) is 15.8 Å². The number of alkyl carbamates (subject to hydrolysis) is 1. The number of amides is 2. The lowest BCUT2D eigenvalue weighted by Crippen LogP contribution is -2.44. The molecule has 0 aliphatic rings. The lowest BCUT2D eigenvalue weighted by molar-refractivity contribution is -0.384. The molecule has 4 atom stereocenters. The van der Waals surface area contributed by atoms with Gasteiger partial charge in [-0.1, -0.05) is 65.8 Å². The molecule has 3 aromatic carbocycles. The van der Waals surface area contributed by atoms with Crippen LogP contribution >= 0.6 is 7.37 Å². The maximum absolute atomic E-state index is 14.1. The van der Waals surface area contributed by atoms with Crippen molar-refractivity contribution >= 4 is 31.0 Å². The lowest BCUT2D eigenvalue weighted by Gasteiger charge is -2.27. The van der Waals surface area contributed by atoms with Crippen LogP contribution < -0.4 is 10.6 Å². The summed E-state index contributed by atoms with van der Waals surface area (Å²) in [7, 11) is -3.26. The van der Waals surface area contributed by atoms with Crippen molar-refractivity contribution in [3.63, 3.8) is 0 Å². The molecule has 0 fully saturated rings. The summed E-state index contributed by atoms with van der Waals surface area (Å²) in [5.41, 5.74) is 2.09. The minimum atomic E-state index is -4.42. The number of esters is 1. The van der Waals surface area contributed by atoms with Gasteiger partial charge < -0.3 is 29.5 Å². The second-order valence-corrected chi connectivity index (χ2v) is 13.5. The van der Waals surface area contributed by atoms with Gasteiger partial charge in [0.25, 0.3) is 5.69 Å². The molecule has 0 bridgehead atoms. The fourth-order valence-electron chi connectivity index (χ4n) is 4.82. The Morgan fingerprint density at radius 3 is 2.19 bits per heavy atom. The highest BCUT2D eigenvalue weighted by atomic mass is 31.2. The van der Waals surface area contributed by atoms with Crippen molar-refractivity contribution in [1.82, 2.24) is 15.8 Å². The highest BCUT2D eigenvalue weighted by Crippen LogP contribution is 2.48. The zero-order valence-corrected chi connectivity index (χ0v) is 27.1. The standard InChI is InChI=1S/C33H35N4O10P/c1-22(32(39)45-2)34-31(38)26(18-28-19-29(36-47-28)25-13-15-27(16-14-25)37(41)42)21-48(43,44)30(17-23-9-5-3-6-10-23)35-33(40)46-20-24-11-7-4-8-12-24/h3-16,19,22,26,30H,17-18,20-21H2,1-2H3,(H,34,38)(H,35,40)(H,43,44)/t22-,26+,30+/m0/s1. The Labute approximate surface area is 276 Å². The first-order chi connectivity index (χ1) is 22.9. The number of nitrogens with one attached hydrogen (secondary N) is 2. The summed E-state index contributed by atoms with van der Waals surface area (Å²) in [4.78, 5) is 60.4. The maximum atomic E-state index is 14.1. The van der Waals surface area contributed by atoms with Crippen LogP contribution in [0.15, 0.2) is 95.5 Å². The number of carbonyl (C=O) groups excluding carboxylic acids is 3. The monoisotopic (exact) mass is 678 g/mol. The minimum absolute atomic E-state index is 0.0471. The number of non-ortho nitro benzene ring substituents is 1. The fraction of sp³-hybridized carbons (Fsp3) is 0.273. The van der Waals surface area contributed by atoms with Gasteiger partial charge in [-0.2, -0.15) is 0 Å². The average molecular weight is 679 g/mol. The summed E-state index contributed by atoms with van der Waals surface area (Å²) in [5, 5.41) is 20.1. The van der Waals surface area contributed by atoms with Gasteiger partial charge in [-0.3, -0.25) is 19.5 Å². The summed E-state index contributed by atoms with van der Waals surface area (Å²) >= 11 is 0. The maximum Gasteiger partial charge on any atom is 0.408 e. The molecule has 0 saturated carbocycles. The molecule has 4 rings (SSSR count). The molecule has 0 aliphatic carbocycles. The summed E-state index contributed by atoms with van der Waals surface area (Å²) in [6.45, 7) is 1.34. The van der Waals surface area contributed by atoms with Crippen molar-refractivity contribution in [3.05, 3.63) is 118 Å². The Kier molecular flexibility index (Phi) is 12.2. The normalized spacial score (nSPS) is 14.1. The zero-order valence-electron chi connectivity index (χ0n) is 26.2. The van der Waals surface area contributed by atoms with Crippen LogP contribution in [0.4, 0.5) is 10.5 Å². The number of rotatable bonds is 15. The topological polar surface area (TPSA) is 200 Å². The van der Waals surface area contributed by atoms with Crippen LogP contribution in [0.1, 0.15) is 23.8 Å². The third-order valence-electron chi connectivity index (χ3n) is 7.40. The van der Waals surface area contributed by atoms with Crippen LogP contribution in [-0.4, -0.2) is 58.0 Å². The van der Waals surface area contributed by atoms with E-state index >= 15 is 0 Å². The number of benzene rings is 3. The number of methoxy groups -OCH3 is 1. The van der Waals surface area contributed by atoms with Gasteiger partial charge in [0.05, 0.1) is 18.0 Å². The number of ether oxygens (including phenoxy) is 2. The van der Waals surface area contributed by atoms with E-state index in [4.69, 9.17) is 14.0 Å². The van der Waals surface area contributed by atoms with Crippen molar-refractivity contribution in [2.75, 3.05) is 13.3 Å². The van der Waals surface area contributed by atoms with Crippen molar-refractivity contribution in [2.24, 2.45) is 5.92 Å². The van der Waals surface area contributed by atoms with Crippen LogP contribution in [0.25, 0.3) is 11.3 Å². The molecule has 14 nitrogen and oxygen atoms in total. The third-order valence-corrected chi connectivity index (χ3v) is 9.65. The molecule has 0 aliphatic heterocycles. The number of hydrogen-bond acceptors (Lipinski definition) is 10. The van der Waals surface area contributed by atoms with Crippen molar-refractivity contribution in [2.45, 2.75) is 38.2 Å². The zero-order chi connectivity index (χ0) is 34.7. The van der Waals surface area contributed by atoms with Crippen LogP contribution in [0.3, 0.4) is 0 Å². The fourth-order valence-corrected chi connectivity index (χ4v) is 6.81. The number of carbonyl (C=O) groups is 3. The molecule has 15 heteroatoms. The molecule has 3 N–H and O–H groups in total. The van der Waals surface area contributed by atoms with Crippen LogP contribution in [0.5, 0.6) is 0 Å². The Hall–Kier alpha value is -5.33. The van der Waals surface area contributed by atoms with E-state index in [0.29, 0.717) is 16.8 Å². The van der Waals surface area contributed by atoms with E-state index in [1.165, 1.54) is 37.3 Å². The Morgan fingerprint density at radius 1 is 0.958 bits per heavy atom. The van der Waals surface area contributed by atoms with Crippen molar-refractivity contribution < 1.29 is 42.8 Å². The highest BCUT2D eigenvalue weighted by Gasteiger charge is 2.39. The number of hydrogen-bond donors (Lipinski definition) is 3. The molecular formula is C33H35N4O10P. The van der Waals surface area contributed by atoms with Gasteiger partial charge in [-0.15, -0.1) is 0 Å². The smallest absolute Gasteiger partial charge is 0.408 e. The molecule has 0 spiro atoms. The predicted octanol–water partition coefficient (Wildman–Crippen LogP) is 4.85. The summed E-state index contributed by atoms with van der Waals surface area (Å²) in [6.07, 6.45) is -1.79. The van der Waals surface area contributed by atoms with Crippen LogP contribution in [0, 0.1) is 16.0 Å². The molecule has 252 valence electrons. The summed E-state index contributed by atoms with van der Waals surface area (Å²) < 4.78 is 29.6. The second kappa shape index (κ2) is 16.5. The SMILES string of the molecule is COC(=O)[C@H](C)NC(=O)[C@H](Cc1cc(-c2ccc([N+](=O)[O-])cc2)no1)CP(=O)(O)[C@H](Cc1ccccc1)NC(=O)OCc1ccccc1. The van der Waals surface area contributed by atoms with Gasteiger partial charge in [0.15, 0.2) is 0 Å². The van der Waals surface area contributed by atoms with Gasteiger partial charge in [0.2, 0.25) is 13.3 Å². The van der Waals surface area contributed by atoms with E-state index in [1.54, 1.807) is 54.6 Å². The number of aromatic nitrogens is 1. The molecule has 1 heterocycles. The Balaban J connectivity index is 1.58. The molecule has 2 amide bonds. The van der Waals surface area contributed by atoms with E-state index in [9.17, 15) is 34.0 Å². The molecular weight excluding hydrogens is 643 g/mol. The predicted molar refractivity (Wildman–Crippen MR) is 174 cm³/mol. The van der Waals surface area contributed by atoms with Gasteiger partial charge in [0, 0.05) is 42.8 Å². The second-order valence-electron chi connectivity index (χ2n) is 11.0.